The Morgan fingerprint density at radius 2 is 2.06 bits per heavy atom. The van der Waals surface area contributed by atoms with Crippen molar-refractivity contribution >= 4 is 21.9 Å². The first kappa shape index (κ1) is 14.0. The number of alkyl halides is 3. The largest absolute Gasteiger partial charge is 0.522 e. The third-order valence-corrected chi connectivity index (χ3v) is 2.60. The molecule has 0 saturated heterocycles. The van der Waals surface area contributed by atoms with E-state index in [1.54, 1.807) is 0 Å². The van der Waals surface area contributed by atoms with E-state index in [4.69, 9.17) is 0 Å². The molecule has 0 bridgehead atoms. The van der Waals surface area contributed by atoms with Crippen LogP contribution in [0.4, 0.5) is 13.2 Å². The van der Waals surface area contributed by atoms with E-state index in [2.05, 4.69) is 25.4 Å². The van der Waals surface area contributed by atoms with Gasteiger partial charge in [-0.15, -0.1) is 13.2 Å². The Bertz CT molecular complexity index is 418. The zero-order chi connectivity index (χ0) is 13.1. The van der Waals surface area contributed by atoms with Gasteiger partial charge in [0, 0.05) is 4.47 Å². The van der Waals surface area contributed by atoms with Crippen molar-refractivity contribution in [3.8, 4) is 0 Å². The summed E-state index contributed by atoms with van der Waals surface area (Å²) in [7, 11) is 1.22. The standard InChI is InChI=1S/C10H8BrF3O3/c1-16-9(15)6-2-3-7(8(11)4-6)5-17-10(12,13)14/h2-4H,5H2,1H3. The van der Waals surface area contributed by atoms with E-state index < -0.39 is 18.9 Å². The lowest BCUT2D eigenvalue weighted by Gasteiger charge is -2.09. The number of rotatable bonds is 3. The number of ether oxygens (including phenoxy) is 2. The van der Waals surface area contributed by atoms with E-state index in [0.717, 1.165) is 0 Å². The van der Waals surface area contributed by atoms with E-state index in [1.807, 2.05) is 0 Å². The average molecular weight is 313 g/mol. The van der Waals surface area contributed by atoms with Crippen molar-refractivity contribution in [1.82, 2.24) is 0 Å². The molecule has 94 valence electrons. The first-order valence-corrected chi connectivity index (χ1v) is 5.20. The Hall–Kier alpha value is -1.08. The first-order valence-electron chi connectivity index (χ1n) is 4.41. The van der Waals surface area contributed by atoms with Gasteiger partial charge in [0.2, 0.25) is 0 Å². The van der Waals surface area contributed by atoms with E-state index in [-0.39, 0.29) is 11.1 Å². The Kier molecular flexibility index (Phi) is 4.53. The second-order valence-corrected chi connectivity index (χ2v) is 3.89. The lowest BCUT2D eigenvalue weighted by atomic mass is 10.1. The lowest BCUT2D eigenvalue weighted by Crippen LogP contribution is -2.13. The summed E-state index contributed by atoms with van der Waals surface area (Å²) in [5.41, 5.74) is 0.533. The minimum Gasteiger partial charge on any atom is -0.465 e. The zero-order valence-corrected chi connectivity index (χ0v) is 10.3. The van der Waals surface area contributed by atoms with Crippen LogP contribution in [-0.2, 0) is 16.1 Å². The molecule has 0 N–H and O–H groups in total. The van der Waals surface area contributed by atoms with E-state index in [9.17, 15) is 18.0 Å². The smallest absolute Gasteiger partial charge is 0.465 e. The molecule has 17 heavy (non-hydrogen) atoms. The molecule has 0 atom stereocenters. The molecule has 0 heterocycles. The van der Waals surface area contributed by atoms with Crippen LogP contribution in [0.5, 0.6) is 0 Å². The number of halogens is 4. The molecule has 0 aromatic heterocycles. The summed E-state index contributed by atoms with van der Waals surface area (Å²) < 4.78 is 44.0. The fourth-order valence-electron chi connectivity index (χ4n) is 1.07. The summed E-state index contributed by atoms with van der Waals surface area (Å²) in [6, 6.07) is 4.11. The van der Waals surface area contributed by atoms with Gasteiger partial charge in [-0.1, -0.05) is 22.0 Å². The summed E-state index contributed by atoms with van der Waals surface area (Å²) >= 11 is 3.06. The normalized spacial score (nSPS) is 11.4. The number of carbonyl (C=O) groups is 1. The maximum absolute atomic E-state index is 11.8. The number of methoxy groups -OCH3 is 1. The molecular weight excluding hydrogens is 305 g/mol. The molecule has 0 fully saturated rings. The second kappa shape index (κ2) is 5.50. The zero-order valence-electron chi connectivity index (χ0n) is 8.68. The predicted octanol–water partition coefficient (Wildman–Crippen LogP) is 3.27. The summed E-state index contributed by atoms with van der Waals surface area (Å²) in [6.45, 7) is -0.620. The molecule has 3 nitrogen and oxygen atoms in total. The molecule has 0 aliphatic rings. The summed E-state index contributed by atoms with van der Waals surface area (Å²) in [4.78, 5) is 11.1. The fraction of sp³-hybridized carbons (Fsp3) is 0.300. The molecule has 0 spiro atoms. The van der Waals surface area contributed by atoms with Gasteiger partial charge in [-0.2, -0.15) is 0 Å². The van der Waals surface area contributed by atoms with Crippen molar-refractivity contribution in [2.45, 2.75) is 13.0 Å². The highest BCUT2D eigenvalue weighted by atomic mass is 79.9. The number of esters is 1. The maximum atomic E-state index is 11.8. The first-order chi connectivity index (χ1) is 7.83. The topological polar surface area (TPSA) is 35.5 Å². The van der Waals surface area contributed by atoms with Gasteiger partial charge in [-0.3, -0.25) is 4.74 Å². The lowest BCUT2D eigenvalue weighted by molar-refractivity contribution is -0.330. The van der Waals surface area contributed by atoms with Crippen LogP contribution in [-0.4, -0.2) is 19.4 Å². The van der Waals surface area contributed by atoms with Crippen LogP contribution in [0, 0.1) is 0 Å². The van der Waals surface area contributed by atoms with Crippen molar-refractivity contribution in [3.63, 3.8) is 0 Å². The minimum atomic E-state index is -4.68. The fourth-order valence-corrected chi connectivity index (χ4v) is 1.56. The highest BCUT2D eigenvalue weighted by molar-refractivity contribution is 9.10. The number of hydrogen-bond donors (Lipinski definition) is 0. The molecule has 0 aliphatic carbocycles. The molecule has 1 aromatic rings. The van der Waals surface area contributed by atoms with Crippen LogP contribution in [0.2, 0.25) is 0 Å². The summed E-state index contributed by atoms with van der Waals surface area (Å²) in [6.07, 6.45) is -4.68. The monoisotopic (exact) mass is 312 g/mol. The molecule has 1 aromatic carbocycles. The number of carbonyl (C=O) groups excluding carboxylic acids is 1. The van der Waals surface area contributed by atoms with Crippen molar-refractivity contribution in [1.29, 1.82) is 0 Å². The third kappa shape index (κ3) is 4.35. The molecule has 0 saturated carbocycles. The summed E-state index contributed by atoms with van der Waals surface area (Å²) in [5, 5.41) is 0. The highest BCUT2D eigenvalue weighted by Crippen LogP contribution is 2.24. The van der Waals surface area contributed by atoms with Crippen molar-refractivity contribution in [2.24, 2.45) is 0 Å². The van der Waals surface area contributed by atoms with Crippen molar-refractivity contribution in [2.75, 3.05) is 7.11 Å². The van der Waals surface area contributed by atoms with Crippen LogP contribution in [0.1, 0.15) is 15.9 Å². The quantitative estimate of drug-likeness (QED) is 0.804. The van der Waals surface area contributed by atoms with Gasteiger partial charge in [-0.25, -0.2) is 4.79 Å². The van der Waals surface area contributed by atoms with E-state index in [0.29, 0.717) is 4.47 Å². The summed E-state index contributed by atoms with van der Waals surface area (Å²) in [5.74, 6) is -0.561. The molecule has 0 unspecified atom stereocenters. The Morgan fingerprint density at radius 3 is 2.53 bits per heavy atom. The van der Waals surface area contributed by atoms with Crippen LogP contribution in [0.3, 0.4) is 0 Å². The van der Waals surface area contributed by atoms with E-state index >= 15 is 0 Å². The minimum absolute atomic E-state index is 0.245. The predicted molar refractivity (Wildman–Crippen MR) is 56.3 cm³/mol. The number of hydrogen-bond acceptors (Lipinski definition) is 3. The van der Waals surface area contributed by atoms with Gasteiger partial charge in [0.15, 0.2) is 0 Å². The Balaban J connectivity index is 2.80. The molecule has 0 aliphatic heterocycles. The molecule has 0 amide bonds. The van der Waals surface area contributed by atoms with Gasteiger partial charge in [0.25, 0.3) is 0 Å². The van der Waals surface area contributed by atoms with Crippen molar-refractivity contribution in [3.05, 3.63) is 33.8 Å². The highest BCUT2D eigenvalue weighted by Gasteiger charge is 2.29. The third-order valence-electron chi connectivity index (χ3n) is 1.87. The van der Waals surface area contributed by atoms with Gasteiger partial charge in [0.05, 0.1) is 19.3 Å². The Morgan fingerprint density at radius 1 is 1.41 bits per heavy atom. The van der Waals surface area contributed by atoms with Crippen LogP contribution in [0.15, 0.2) is 22.7 Å². The van der Waals surface area contributed by atoms with Gasteiger partial charge >= 0.3 is 12.3 Å². The van der Waals surface area contributed by atoms with Crippen molar-refractivity contribution < 1.29 is 27.4 Å². The van der Waals surface area contributed by atoms with Crippen LogP contribution < -0.4 is 0 Å². The molecule has 0 radical (unpaired) electrons. The van der Waals surface area contributed by atoms with Crippen LogP contribution in [0.25, 0.3) is 0 Å². The second-order valence-electron chi connectivity index (χ2n) is 3.03. The molecule has 7 heteroatoms. The van der Waals surface area contributed by atoms with Crippen LogP contribution >= 0.6 is 15.9 Å². The SMILES string of the molecule is COC(=O)c1ccc(COC(F)(F)F)c(Br)c1. The van der Waals surface area contributed by atoms with Gasteiger partial charge in [-0.05, 0) is 17.7 Å². The van der Waals surface area contributed by atoms with Gasteiger partial charge in [0.1, 0.15) is 0 Å². The molecule has 1 rings (SSSR count). The average Bonchev–Trinajstić information content (AvgIpc) is 2.25. The number of benzene rings is 1. The van der Waals surface area contributed by atoms with E-state index in [1.165, 1.54) is 25.3 Å². The van der Waals surface area contributed by atoms with Gasteiger partial charge < -0.3 is 4.74 Å². The Labute approximate surface area is 104 Å². The maximum Gasteiger partial charge on any atom is 0.522 e. The molecular formula is C10H8BrF3O3.